The van der Waals surface area contributed by atoms with E-state index < -0.39 is 5.41 Å². The number of aliphatic hydroxyl groups excluding tert-OH is 1. The summed E-state index contributed by atoms with van der Waals surface area (Å²) in [5, 5.41) is 9.45. The molecule has 0 aliphatic carbocycles. The van der Waals surface area contributed by atoms with Crippen molar-refractivity contribution in [3.8, 4) is 11.5 Å². The predicted molar refractivity (Wildman–Crippen MR) is 79.3 cm³/mol. The van der Waals surface area contributed by atoms with E-state index in [2.05, 4.69) is 0 Å². The molecule has 1 aromatic carbocycles. The van der Waals surface area contributed by atoms with Gasteiger partial charge < -0.3 is 20.3 Å². The van der Waals surface area contributed by atoms with E-state index in [0.717, 1.165) is 11.1 Å². The van der Waals surface area contributed by atoms with Gasteiger partial charge in [-0.05, 0) is 24.6 Å². The van der Waals surface area contributed by atoms with Crippen molar-refractivity contribution >= 4 is 12.4 Å². The summed E-state index contributed by atoms with van der Waals surface area (Å²) in [5.74, 6) is 1.39. The topological polar surface area (TPSA) is 64.7 Å². The van der Waals surface area contributed by atoms with Gasteiger partial charge in [-0.3, -0.25) is 0 Å². The smallest absolute Gasteiger partial charge is 0.127 e. The molecule has 5 heteroatoms. The Morgan fingerprint density at radius 3 is 1.95 bits per heavy atom. The standard InChI is InChI=1S/C14H23NO3.ClH/c1-9-6-10(17-4)12(11(7-9)18-5)13(15)14(2,3)8-16;/h6-7,13,16H,8,15H2,1-5H3;1H/t13-;/m0./s1. The Labute approximate surface area is 121 Å². The van der Waals surface area contributed by atoms with Crippen molar-refractivity contribution in [2.75, 3.05) is 20.8 Å². The molecule has 1 rings (SSSR count). The minimum atomic E-state index is -0.449. The van der Waals surface area contributed by atoms with Gasteiger partial charge in [0.15, 0.2) is 0 Å². The molecule has 1 atom stereocenters. The number of aliphatic hydroxyl groups is 1. The van der Waals surface area contributed by atoms with Crippen molar-refractivity contribution in [1.82, 2.24) is 0 Å². The Morgan fingerprint density at radius 1 is 1.21 bits per heavy atom. The summed E-state index contributed by atoms with van der Waals surface area (Å²) in [6.45, 7) is 5.79. The van der Waals surface area contributed by atoms with Crippen LogP contribution in [-0.4, -0.2) is 25.9 Å². The molecule has 0 saturated carbocycles. The largest absolute Gasteiger partial charge is 0.496 e. The Morgan fingerprint density at radius 2 is 1.63 bits per heavy atom. The molecule has 0 aliphatic heterocycles. The molecule has 0 heterocycles. The molecule has 0 radical (unpaired) electrons. The van der Waals surface area contributed by atoms with E-state index in [1.54, 1.807) is 14.2 Å². The van der Waals surface area contributed by atoms with Crippen LogP contribution in [0.25, 0.3) is 0 Å². The molecule has 4 nitrogen and oxygen atoms in total. The number of nitrogens with two attached hydrogens (primary N) is 1. The van der Waals surface area contributed by atoms with Crippen LogP contribution in [0.4, 0.5) is 0 Å². The number of rotatable bonds is 5. The van der Waals surface area contributed by atoms with Gasteiger partial charge in [0.2, 0.25) is 0 Å². The maximum Gasteiger partial charge on any atom is 0.127 e. The van der Waals surface area contributed by atoms with Crippen molar-refractivity contribution in [3.63, 3.8) is 0 Å². The first-order valence-corrected chi connectivity index (χ1v) is 5.96. The molecule has 0 bridgehead atoms. The Kier molecular flexibility index (Phi) is 6.63. The van der Waals surface area contributed by atoms with E-state index in [1.165, 1.54) is 0 Å². The van der Waals surface area contributed by atoms with E-state index in [0.29, 0.717) is 11.5 Å². The number of aryl methyl sites for hydroxylation is 1. The van der Waals surface area contributed by atoms with Crippen LogP contribution in [0.1, 0.15) is 31.0 Å². The fraction of sp³-hybridized carbons (Fsp3) is 0.571. The maximum atomic E-state index is 9.45. The molecule has 19 heavy (non-hydrogen) atoms. The van der Waals surface area contributed by atoms with Crippen LogP contribution < -0.4 is 15.2 Å². The van der Waals surface area contributed by atoms with Crippen LogP contribution in [0.3, 0.4) is 0 Å². The third-order valence-corrected chi connectivity index (χ3v) is 3.25. The van der Waals surface area contributed by atoms with Crippen molar-refractivity contribution in [2.45, 2.75) is 26.8 Å². The second-order valence-corrected chi connectivity index (χ2v) is 5.21. The summed E-state index contributed by atoms with van der Waals surface area (Å²) < 4.78 is 10.8. The Balaban J connectivity index is 0.00000324. The van der Waals surface area contributed by atoms with Crippen LogP contribution in [0, 0.1) is 12.3 Å². The van der Waals surface area contributed by atoms with Gasteiger partial charge in [-0.25, -0.2) is 0 Å². The van der Waals surface area contributed by atoms with Crippen LogP contribution in [-0.2, 0) is 0 Å². The second kappa shape index (κ2) is 6.98. The first-order chi connectivity index (χ1) is 8.37. The van der Waals surface area contributed by atoms with Crippen LogP contribution in [0.2, 0.25) is 0 Å². The van der Waals surface area contributed by atoms with Crippen LogP contribution in [0.15, 0.2) is 12.1 Å². The lowest BCUT2D eigenvalue weighted by Gasteiger charge is -2.31. The van der Waals surface area contributed by atoms with E-state index in [1.807, 2.05) is 32.9 Å². The highest BCUT2D eigenvalue weighted by Gasteiger charge is 2.31. The van der Waals surface area contributed by atoms with E-state index >= 15 is 0 Å². The van der Waals surface area contributed by atoms with Gasteiger partial charge in [-0.15, -0.1) is 12.4 Å². The zero-order valence-corrected chi connectivity index (χ0v) is 13.0. The van der Waals surface area contributed by atoms with Crippen molar-refractivity contribution in [1.29, 1.82) is 0 Å². The van der Waals surface area contributed by atoms with Gasteiger partial charge in [-0.1, -0.05) is 13.8 Å². The number of hydrogen-bond donors (Lipinski definition) is 2. The highest BCUT2D eigenvalue weighted by molar-refractivity contribution is 5.85. The summed E-state index contributed by atoms with van der Waals surface area (Å²) in [4.78, 5) is 0. The molecule has 0 amide bonds. The maximum absolute atomic E-state index is 9.45. The lowest BCUT2D eigenvalue weighted by atomic mass is 9.81. The second-order valence-electron chi connectivity index (χ2n) is 5.21. The number of halogens is 1. The van der Waals surface area contributed by atoms with Gasteiger partial charge in [0.25, 0.3) is 0 Å². The summed E-state index contributed by atoms with van der Waals surface area (Å²) in [5.41, 5.74) is 7.66. The van der Waals surface area contributed by atoms with Gasteiger partial charge >= 0.3 is 0 Å². The number of benzene rings is 1. The summed E-state index contributed by atoms with van der Waals surface area (Å²) in [6.07, 6.45) is 0. The van der Waals surface area contributed by atoms with Gasteiger partial charge in [0.1, 0.15) is 11.5 Å². The van der Waals surface area contributed by atoms with E-state index in [4.69, 9.17) is 15.2 Å². The average Bonchev–Trinajstić information content (AvgIpc) is 2.36. The first kappa shape index (κ1) is 18.0. The fourth-order valence-electron chi connectivity index (χ4n) is 1.87. The van der Waals surface area contributed by atoms with E-state index in [-0.39, 0.29) is 25.1 Å². The van der Waals surface area contributed by atoms with Crippen molar-refractivity contribution < 1.29 is 14.6 Å². The molecular weight excluding hydrogens is 266 g/mol. The van der Waals surface area contributed by atoms with Gasteiger partial charge in [0, 0.05) is 18.1 Å². The number of hydrogen-bond acceptors (Lipinski definition) is 4. The van der Waals surface area contributed by atoms with Crippen LogP contribution in [0.5, 0.6) is 11.5 Å². The zero-order chi connectivity index (χ0) is 13.9. The lowest BCUT2D eigenvalue weighted by molar-refractivity contribution is 0.129. The molecule has 0 unspecified atom stereocenters. The van der Waals surface area contributed by atoms with Crippen LogP contribution >= 0.6 is 12.4 Å². The molecule has 0 fully saturated rings. The molecule has 0 saturated heterocycles. The normalized spacial score (nSPS) is 12.6. The highest BCUT2D eigenvalue weighted by atomic mass is 35.5. The van der Waals surface area contributed by atoms with Crippen molar-refractivity contribution in [3.05, 3.63) is 23.3 Å². The monoisotopic (exact) mass is 289 g/mol. The molecule has 110 valence electrons. The lowest BCUT2D eigenvalue weighted by Crippen LogP contribution is -2.33. The molecule has 0 aliphatic rings. The Hall–Kier alpha value is -0.970. The minimum absolute atomic E-state index is 0. The fourth-order valence-corrected chi connectivity index (χ4v) is 1.87. The van der Waals surface area contributed by atoms with Gasteiger partial charge in [-0.2, -0.15) is 0 Å². The molecular formula is C14H24ClNO3. The number of methoxy groups -OCH3 is 2. The SMILES string of the molecule is COc1cc(C)cc(OC)c1[C@H](N)C(C)(C)CO.Cl. The summed E-state index contributed by atoms with van der Waals surface area (Å²) in [6, 6.07) is 3.48. The third-order valence-electron chi connectivity index (χ3n) is 3.25. The molecule has 1 aromatic rings. The molecule has 3 N–H and O–H groups in total. The molecule has 0 spiro atoms. The third kappa shape index (κ3) is 3.75. The Bertz CT molecular complexity index is 396. The van der Waals surface area contributed by atoms with Gasteiger partial charge in [0.05, 0.1) is 19.8 Å². The first-order valence-electron chi connectivity index (χ1n) is 5.96. The minimum Gasteiger partial charge on any atom is -0.496 e. The predicted octanol–water partition coefficient (Wildman–Crippen LogP) is 2.45. The zero-order valence-electron chi connectivity index (χ0n) is 12.2. The average molecular weight is 290 g/mol. The van der Waals surface area contributed by atoms with Crippen molar-refractivity contribution in [2.24, 2.45) is 11.1 Å². The summed E-state index contributed by atoms with van der Waals surface area (Å²) in [7, 11) is 3.22. The van der Waals surface area contributed by atoms with E-state index in [9.17, 15) is 5.11 Å². The highest BCUT2D eigenvalue weighted by Crippen LogP contribution is 2.41. The summed E-state index contributed by atoms with van der Waals surface area (Å²) >= 11 is 0. The molecule has 0 aromatic heterocycles. The quantitative estimate of drug-likeness (QED) is 0.874. The number of ether oxygens (including phenoxy) is 2.